The topological polar surface area (TPSA) is 55.2 Å². The number of hydrogen-bond acceptors (Lipinski definition) is 4. The van der Waals surface area contributed by atoms with Gasteiger partial charge in [-0.1, -0.05) is 37.2 Å². The molecule has 130 valence electrons. The highest BCUT2D eigenvalue weighted by Gasteiger charge is 2.15. The van der Waals surface area contributed by atoms with Crippen molar-refractivity contribution < 1.29 is 4.79 Å². The van der Waals surface area contributed by atoms with Crippen molar-refractivity contribution in [2.75, 3.05) is 18.8 Å². The van der Waals surface area contributed by atoms with Gasteiger partial charge >= 0.3 is 0 Å². The van der Waals surface area contributed by atoms with Crippen LogP contribution in [0.3, 0.4) is 0 Å². The summed E-state index contributed by atoms with van der Waals surface area (Å²) in [5.41, 5.74) is 0.667. The van der Waals surface area contributed by atoms with Crippen LogP contribution >= 0.6 is 11.8 Å². The van der Waals surface area contributed by atoms with Gasteiger partial charge in [0.25, 0.3) is 5.56 Å². The number of fused-ring (bicyclic) bond motifs is 1. The Labute approximate surface area is 147 Å². The predicted molar refractivity (Wildman–Crippen MR) is 99.6 cm³/mol. The van der Waals surface area contributed by atoms with Crippen LogP contribution in [0.4, 0.5) is 0 Å². The third-order valence-electron chi connectivity index (χ3n) is 4.00. The molecule has 24 heavy (non-hydrogen) atoms. The van der Waals surface area contributed by atoms with E-state index < -0.39 is 0 Å². The third-order valence-corrected chi connectivity index (χ3v) is 4.96. The lowest BCUT2D eigenvalue weighted by Gasteiger charge is -2.19. The number of carbonyl (C=O) groups is 1. The van der Waals surface area contributed by atoms with Crippen molar-refractivity contribution in [1.29, 1.82) is 0 Å². The number of carbonyl (C=O) groups excluding carboxylic acids is 1. The summed E-state index contributed by atoms with van der Waals surface area (Å²) in [6.07, 6.45) is 1.92. The van der Waals surface area contributed by atoms with Gasteiger partial charge in [-0.25, -0.2) is 4.98 Å². The van der Waals surface area contributed by atoms with E-state index in [9.17, 15) is 9.59 Å². The molecule has 6 heteroatoms. The molecule has 1 aromatic carbocycles. The van der Waals surface area contributed by atoms with Gasteiger partial charge < -0.3 is 4.90 Å². The number of thioether (sulfide) groups is 1. The fraction of sp³-hybridized carbons (Fsp3) is 0.500. The molecule has 2 aromatic rings. The van der Waals surface area contributed by atoms with Crippen LogP contribution in [0.2, 0.25) is 0 Å². The molecule has 0 aliphatic carbocycles. The highest BCUT2D eigenvalue weighted by Crippen LogP contribution is 2.19. The maximum absolute atomic E-state index is 12.8. The van der Waals surface area contributed by atoms with Crippen LogP contribution < -0.4 is 5.56 Å². The Morgan fingerprint density at radius 3 is 2.58 bits per heavy atom. The third kappa shape index (κ3) is 4.17. The second kappa shape index (κ2) is 8.87. The van der Waals surface area contributed by atoms with Crippen molar-refractivity contribution in [3.05, 3.63) is 34.6 Å². The molecule has 1 heterocycles. The van der Waals surface area contributed by atoms with E-state index >= 15 is 0 Å². The Balaban J connectivity index is 2.33. The summed E-state index contributed by atoms with van der Waals surface area (Å²) in [7, 11) is 0. The van der Waals surface area contributed by atoms with Crippen LogP contribution in [0.15, 0.2) is 34.2 Å². The molecule has 0 unspecified atom stereocenters. The first-order chi connectivity index (χ1) is 11.6. The standard InChI is InChI=1S/C18H25N3O2S/c1-4-7-12-21-17(23)14-10-8-9-11-15(14)19-18(21)24-13-16(22)20(5-2)6-3/h8-11H,4-7,12-13H2,1-3H3. The van der Waals surface area contributed by atoms with E-state index in [0.717, 1.165) is 12.8 Å². The van der Waals surface area contributed by atoms with Gasteiger partial charge in [-0.2, -0.15) is 0 Å². The molecule has 0 radical (unpaired) electrons. The predicted octanol–water partition coefficient (Wildman–Crippen LogP) is 3.16. The first kappa shape index (κ1) is 18.5. The van der Waals surface area contributed by atoms with Gasteiger partial charge in [-0.15, -0.1) is 0 Å². The first-order valence-electron chi connectivity index (χ1n) is 8.52. The minimum Gasteiger partial charge on any atom is -0.343 e. The summed E-state index contributed by atoms with van der Waals surface area (Å²) in [6, 6.07) is 7.38. The van der Waals surface area contributed by atoms with E-state index in [-0.39, 0.29) is 11.5 Å². The number of unbranched alkanes of at least 4 members (excludes halogenated alkanes) is 1. The highest BCUT2D eigenvalue weighted by molar-refractivity contribution is 7.99. The SMILES string of the molecule is CCCCn1c(SCC(=O)N(CC)CC)nc2ccccc2c1=O. The van der Waals surface area contributed by atoms with E-state index in [1.807, 2.05) is 38.1 Å². The molecule has 0 saturated carbocycles. The second-order valence-corrected chi connectivity index (χ2v) is 6.52. The summed E-state index contributed by atoms with van der Waals surface area (Å²) in [6.45, 7) is 8.06. The van der Waals surface area contributed by atoms with Gasteiger partial charge in [0.1, 0.15) is 0 Å². The molecular formula is C18H25N3O2S. The molecule has 0 atom stereocenters. The quantitative estimate of drug-likeness (QED) is 0.544. The van der Waals surface area contributed by atoms with Gasteiger partial charge in [-0.3, -0.25) is 14.2 Å². The van der Waals surface area contributed by atoms with Crippen LogP contribution in [0.25, 0.3) is 10.9 Å². The highest BCUT2D eigenvalue weighted by atomic mass is 32.2. The molecule has 0 spiro atoms. The molecule has 1 amide bonds. The fourth-order valence-electron chi connectivity index (χ4n) is 2.57. The number of aromatic nitrogens is 2. The number of hydrogen-bond donors (Lipinski definition) is 0. The lowest BCUT2D eigenvalue weighted by molar-refractivity contribution is -0.127. The Hall–Kier alpha value is -1.82. The van der Waals surface area contributed by atoms with Crippen molar-refractivity contribution in [2.45, 2.75) is 45.3 Å². The molecule has 2 rings (SSSR count). The number of benzene rings is 1. The van der Waals surface area contributed by atoms with Crippen molar-refractivity contribution >= 4 is 28.6 Å². The summed E-state index contributed by atoms with van der Waals surface area (Å²) in [5.74, 6) is 0.382. The average molecular weight is 347 g/mol. The van der Waals surface area contributed by atoms with E-state index in [0.29, 0.717) is 41.4 Å². The molecule has 1 aromatic heterocycles. The number of nitrogens with zero attached hydrogens (tertiary/aromatic N) is 3. The Bertz CT molecular complexity index is 754. The Kier molecular flexibility index (Phi) is 6.85. The van der Waals surface area contributed by atoms with Crippen molar-refractivity contribution in [2.24, 2.45) is 0 Å². The average Bonchev–Trinajstić information content (AvgIpc) is 2.60. The minimum absolute atomic E-state index is 0.0214. The van der Waals surface area contributed by atoms with Crippen LogP contribution in [0.1, 0.15) is 33.6 Å². The maximum atomic E-state index is 12.8. The molecule has 0 aliphatic rings. The van der Waals surface area contributed by atoms with Crippen molar-refractivity contribution in [3.8, 4) is 0 Å². The Morgan fingerprint density at radius 2 is 1.92 bits per heavy atom. The van der Waals surface area contributed by atoms with Gasteiger partial charge in [-0.05, 0) is 32.4 Å². The van der Waals surface area contributed by atoms with E-state index in [2.05, 4.69) is 11.9 Å². The van der Waals surface area contributed by atoms with Gasteiger partial charge in [0.05, 0.1) is 16.7 Å². The van der Waals surface area contributed by atoms with E-state index in [1.54, 1.807) is 9.47 Å². The van der Waals surface area contributed by atoms with Crippen LogP contribution in [0.5, 0.6) is 0 Å². The van der Waals surface area contributed by atoms with Crippen LogP contribution in [0, 0.1) is 0 Å². The normalized spacial score (nSPS) is 11.0. The lowest BCUT2D eigenvalue weighted by Crippen LogP contribution is -2.32. The molecule has 0 bridgehead atoms. The molecule has 0 aliphatic heterocycles. The smallest absolute Gasteiger partial charge is 0.262 e. The van der Waals surface area contributed by atoms with Gasteiger partial charge in [0.15, 0.2) is 5.16 Å². The lowest BCUT2D eigenvalue weighted by atomic mass is 10.2. The second-order valence-electron chi connectivity index (χ2n) is 5.58. The largest absolute Gasteiger partial charge is 0.343 e. The number of amides is 1. The van der Waals surface area contributed by atoms with E-state index in [4.69, 9.17) is 0 Å². The zero-order valence-electron chi connectivity index (χ0n) is 14.6. The van der Waals surface area contributed by atoms with Crippen LogP contribution in [-0.2, 0) is 11.3 Å². The monoisotopic (exact) mass is 347 g/mol. The Morgan fingerprint density at radius 1 is 1.21 bits per heavy atom. The summed E-state index contributed by atoms with van der Waals surface area (Å²) < 4.78 is 1.71. The molecule has 5 nitrogen and oxygen atoms in total. The van der Waals surface area contributed by atoms with Gasteiger partial charge in [0.2, 0.25) is 5.91 Å². The molecule has 0 saturated heterocycles. The fourth-order valence-corrected chi connectivity index (χ4v) is 3.49. The van der Waals surface area contributed by atoms with Crippen molar-refractivity contribution in [1.82, 2.24) is 14.5 Å². The minimum atomic E-state index is -0.0214. The zero-order valence-corrected chi connectivity index (χ0v) is 15.4. The summed E-state index contributed by atoms with van der Waals surface area (Å²) in [5, 5.41) is 1.26. The molecule has 0 fully saturated rings. The van der Waals surface area contributed by atoms with E-state index in [1.165, 1.54) is 11.8 Å². The molecular weight excluding hydrogens is 322 g/mol. The number of para-hydroxylation sites is 1. The first-order valence-corrected chi connectivity index (χ1v) is 9.51. The summed E-state index contributed by atoms with van der Waals surface area (Å²) >= 11 is 1.35. The van der Waals surface area contributed by atoms with Gasteiger partial charge in [0, 0.05) is 19.6 Å². The number of rotatable bonds is 8. The summed E-state index contributed by atoms with van der Waals surface area (Å²) in [4.78, 5) is 31.4. The zero-order chi connectivity index (χ0) is 17.5. The van der Waals surface area contributed by atoms with Crippen LogP contribution in [-0.4, -0.2) is 39.2 Å². The van der Waals surface area contributed by atoms with Crippen molar-refractivity contribution in [3.63, 3.8) is 0 Å². The maximum Gasteiger partial charge on any atom is 0.262 e. The molecule has 0 N–H and O–H groups in total.